The Labute approximate surface area is 384 Å². The van der Waals surface area contributed by atoms with Gasteiger partial charge in [-0.05, 0) is 131 Å². The van der Waals surface area contributed by atoms with Gasteiger partial charge in [0.2, 0.25) is 23.3 Å². The number of halogens is 1. The molecule has 6 aliphatic heterocycles. The standard InChI is InChI=1S/C51H64ClN10O2/c1-34-7-10-39-6-5-22-60(46(39)28-34)50-43-32-59(37(4)63)25-19-45(43)62(56-50)41-12-8-38(9-13-41)31-57-23-17-42(18-24-57)64-48-16-15-47(54-55-48)58-26-20-51(21-27-58)29-35(2)61(33-51)44-14-11-40(30-53)49(52)36(44)3/h7,10-11,14-16,28,35,38,42H,5-6,8-9,12-13,17-27,29,31-33H2,1-4H3/q+1/t35-,38?/m0/s1. The molecule has 3 aromatic rings. The van der Waals surface area contributed by atoms with Crippen LogP contribution in [0.2, 0.25) is 5.02 Å². The number of fused-ring (bicyclic) bond motifs is 1. The van der Waals surface area contributed by atoms with E-state index in [1.807, 2.05) is 24.0 Å². The van der Waals surface area contributed by atoms with Gasteiger partial charge in [0.1, 0.15) is 12.2 Å². The molecule has 1 atom stereocenters. The average molecular weight is 885 g/mol. The molecule has 1 aliphatic carbocycles. The fourth-order valence-electron chi connectivity index (χ4n) is 12.0. The Morgan fingerprint density at radius 1 is 0.938 bits per heavy atom. The van der Waals surface area contributed by atoms with Crippen LogP contribution >= 0.6 is 11.6 Å². The number of amidine groups is 1. The molecule has 10 rings (SSSR count). The van der Waals surface area contributed by atoms with Gasteiger partial charge in [-0.3, -0.25) is 4.79 Å². The first kappa shape index (κ1) is 42.9. The summed E-state index contributed by atoms with van der Waals surface area (Å²) in [6, 6.07) is 17.5. The lowest BCUT2D eigenvalue weighted by atomic mass is 9.77. The van der Waals surface area contributed by atoms with Crippen molar-refractivity contribution in [2.24, 2.45) is 16.4 Å². The van der Waals surface area contributed by atoms with Gasteiger partial charge in [-0.25, -0.2) is 0 Å². The molecule has 13 heteroatoms. The number of nitriles is 1. The highest BCUT2D eigenvalue weighted by Crippen LogP contribution is 2.47. The van der Waals surface area contributed by atoms with Gasteiger partial charge in [-0.15, -0.1) is 10.2 Å². The zero-order valence-electron chi connectivity index (χ0n) is 38.3. The fraction of sp³-hybridized carbons (Fsp3) is 0.569. The second kappa shape index (κ2) is 17.8. The number of hydrazone groups is 1. The van der Waals surface area contributed by atoms with Crippen LogP contribution in [0.3, 0.4) is 0 Å². The molecule has 1 aromatic heterocycles. The number of hydrogen-bond donors (Lipinski definition) is 0. The largest absolute Gasteiger partial charge is 0.473 e. The van der Waals surface area contributed by atoms with E-state index in [-0.39, 0.29) is 17.4 Å². The van der Waals surface area contributed by atoms with Crippen LogP contribution in [0.4, 0.5) is 17.2 Å². The summed E-state index contributed by atoms with van der Waals surface area (Å²) >= 11 is 6.57. The molecule has 4 fully saturated rings. The maximum Gasteiger partial charge on any atom is 0.233 e. The van der Waals surface area contributed by atoms with Gasteiger partial charge in [-0.1, -0.05) is 28.4 Å². The number of ether oxygens (including phenoxy) is 1. The molecule has 1 saturated carbocycles. The van der Waals surface area contributed by atoms with Gasteiger partial charge < -0.3 is 29.2 Å². The number of carbonyl (C=O) groups excluding carboxylic acids is 1. The quantitative estimate of drug-likeness (QED) is 0.226. The molecule has 0 N–H and O–H groups in total. The van der Waals surface area contributed by atoms with Gasteiger partial charge >= 0.3 is 0 Å². The number of anilines is 3. The van der Waals surface area contributed by atoms with E-state index in [1.54, 1.807) is 6.92 Å². The number of nitrogens with zero attached hydrogens (tertiary/aromatic N) is 10. The van der Waals surface area contributed by atoms with Crippen LogP contribution in [-0.4, -0.2) is 113 Å². The second-order valence-electron chi connectivity index (χ2n) is 19.9. The minimum absolute atomic E-state index is 0.143. The van der Waals surface area contributed by atoms with Crippen molar-refractivity contribution in [3.8, 4) is 11.9 Å². The van der Waals surface area contributed by atoms with Crippen molar-refractivity contribution >= 4 is 46.2 Å². The van der Waals surface area contributed by atoms with E-state index in [2.05, 4.69) is 84.7 Å². The second-order valence-corrected chi connectivity index (χ2v) is 20.3. The number of rotatable bonds is 6. The third-order valence-electron chi connectivity index (χ3n) is 15.7. The number of piperidine rings is 2. The summed E-state index contributed by atoms with van der Waals surface area (Å²) in [5.74, 6) is 3.43. The maximum atomic E-state index is 12.6. The number of hydrogen-bond acceptors (Lipinski definition) is 10. The summed E-state index contributed by atoms with van der Waals surface area (Å²) in [6.07, 6.45) is 13.1. The lowest BCUT2D eigenvalue weighted by molar-refractivity contribution is -0.484. The number of benzene rings is 2. The number of aromatic nitrogens is 2. The number of aryl methyl sites for hydroxylation is 2. The molecule has 2 aromatic carbocycles. The molecule has 3 saturated heterocycles. The van der Waals surface area contributed by atoms with Crippen LogP contribution in [0.5, 0.6) is 5.88 Å². The summed E-state index contributed by atoms with van der Waals surface area (Å²) in [5.41, 5.74) is 10.9. The Balaban J connectivity index is 0.701. The van der Waals surface area contributed by atoms with Crippen molar-refractivity contribution < 1.29 is 14.2 Å². The normalized spacial score (nSPS) is 24.0. The Morgan fingerprint density at radius 2 is 1.73 bits per heavy atom. The minimum atomic E-state index is 0.143. The summed E-state index contributed by atoms with van der Waals surface area (Å²) in [5, 5.41) is 24.6. The van der Waals surface area contributed by atoms with Crippen molar-refractivity contribution in [1.29, 1.82) is 5.26 Å². The Hall–Kier alpha value is -4.99. The van der Waals surface area contributed by atoms with Crippen LogP contribution in [0.25, 0.3) is 0 Å². The van der Waals surface area contributed by atoms with E-state index < -0.39 is 0 Å². The van der Waals surface area contributed by atoms with Crippen molar-refractivity contribution in [2.75, 3.05) is 73.6 Å². The Bertz CT molecular complexity index is 2410. The zero-order valence-corrected chi connectivity index (χ0v) is 39.0. The first-order valence-corrected chi connectivity index (χ1v) is 24.4. The number of carbonyl (C=O) groups is 1. The predicted molar refractivity (Wildman–Crippen MR) is 254 cm³/mol. The van der Waals surface area contributed by atoms with Gasteiger partial charge in [0.05, 0.1) is 29.1 Å². The topological polar surface area (TPSA) is 107 Å². The third kappa shape index (κ3) is 8.39. The van der Waals surface area contributed by atoms with E-state index in [9.17, 15) is 10.1 Å². The SMILES string of the molecule is CC(=O)N1CCC2=C(C1)C(N1CCCc3ccc(C)cc31)=N[N+]2=C1CCC(CN2CCC(Oc3ccc(N4CCC5(CC4)C[C@H](C)N(c4ccc(C#N)c(Cl)c4C)C5)nn3)CC2)CC1. The molecule has 0 unspecified atom stereocenters. The predicted octanol–water partition coefficient (Wildman–Crippen LogP) is 8.28. The van der Waals surface area contributed by atoms with Crippen molar-refractivity contribution in [2.45, 2.75) is 117 Å². The minimum Gasteiger partial charge on any atom is -0.473 e. The number of likely N-dealkylation sites (tertiary alicyclic amines) is 1. The molecule has 12 nitrogen and oxygen atoms in total. The van der Waals surface area contributed by atoms with Crippen LogP contribution in [0, 0.1) is 36.5 Å². The van der Waals surface area contributed by atoms with Gasteiger partial charge in [-0.2, -0.15) is 5.26 Å². The summed E-state index contributed by atoms with van der Waals surface area (Å²) in [4.78, 5) is 24.5. The van der Waals surface area contributed by atoms with Crippen LogP contribution in [-0.2, 0) is 11.2 Å². The fourth-order valence-corrected chi connectivity index (χ4v) is 12.2. The van der Waals surface area contributed by atoms with E-state index in [1.165, 1.54) is 46.6 Å². The highest BCUT2D eigenvalue weighted by atomic mass is 35.5. The lowest BCUT2D eigenvalue weighted by Crippen LogP contribution is -2.42. The zero-order chi connectivity index (χ0) is 44.1. The summed E-state index contributed by atoms with van der Waals surface area (Å²) in [6.45, 7) is 16.7. The van der Waals surface area contributed by atoms with E-state index in [0.717, 1.165) is 139 Å². The van der Waals surface area contributed by atoms with Crippen molar-refractivity contribution in [1.82, 2.24) is 20.0 Å². The molecule has 1 amide bonds. The smallest absolute Gasteiger partial charge is 0.233 e. The summed E-state index contributed by atoms with van der Waals surface area (Å²) in [7, 11) is 0. The van der Waals surface area contributed by atoms with E-state index >= 15 is 0 Å². The van der Waals surface area contributed by atoms with Gasteiger partial charge in [0.15, 0.2) is 11.5 Å². The molecule has 336 valence electrons. The van der Waals surface area contributed by atoms with Gasteiger partial charge in [0, 0.05) is 101 Å². The molecule has 1 spiro atoms. The van der Waals surface area contributed by atoms with Crippen molar-refractivity contribution in [3.63, 3.8) is 0 Å². The molecule has 7 heterocycles. The van der Waals surface area contributed by atoms with E-state index in [0.29, 0.717) is 35.0 Å². The summed E-state index contributed by atoms with van der Waals surface area (Å²) < 4.78 is 8.74. The molecular weight excluding hydrogens is 820 g/mol. The first-order valence-electron chi connectivity index (χ1n) is 24.1. The Morgan fingerprint density at radius 3 is 2.47 bits per heavy atom. The molecular formula is C51H64ClN10O2+. The maximum absolute atomic E-state index is 12.6. The van der Waals surface area contributed by atoms with Crippen LogP contribution < -0.4 is 19.4 Å². The molecule has 0 radical (unpaired) electrons. The highest BCUT2D eigenvalue weighted by Gasteiger charge is 2.46. The number of amides is 1. The van der Waals surface area contributed by atoms with Gasteiger partial charge in [0.25, 0.3) is 0 Å². The average Bonchev–Trinajstić information content (AvgIpc) is 3.85. The van der Waals surface area contributed by atoms with Crippen LogP contribution in [0.15, 0.2) is 58.8 Å². The molecule has 64 heavy (non-hydrogen) atoms. The van der Waals surface area contributed by atoms with Crippen LogP contribution in [0.1, 0.15) is 107 Å². The monoisotopic (exact) mass is 883 g/mol. The molecule has 7 aliphatic rings. The van der Waals surface area contributed by atoms with Crippen molar-refractivity contribution in [3.05, 3.63) is 81.0 Å². The Kier molecular flexibility index (Phi) is 11.9. The van der Waals surface area contributed by atoms with E-state index in [4.69, 9.17) is 21.4 Å². The third-order valence-corrected chi connectivity index (χ3v) is 16.2. The highest BCUT2D eigenvalue weighted by molar-refractivity contribution is 6.32. The molecule has 0 bridgehead atoms. The lowest BCUT2D eigenvalue weighted by Gasteiger charge is -2.40. The first-order chi connectivity index (χ1) is 31.0.